The number of ether oxygens (including phenoxy) is 1. The summed E-state index contributed by atoms with van der Waals surface area (Å²) in [5, 5.41) is 0. The Kier molecular flexibility index (Phi) is 4.05. The average Bonchev–Trinajstić information content (AvgIpc) is 3.09. The molecular weight excluding hydrogens is 310 g/mol. The van der Waals surface area contributed by atoms with E-state index in [4.69, 9.17) is 9.15 Å². The van der Waals surface area contributed by atoms with Gasteiger partial charge in [0, 0.05) is 6.08 Å². The Balaban J connectivity index is 1.61. The Morgan fingerprint density at radius 1 is 0.840 bits per heavy atom. The standard InChI is InChI=1S/C22H17NO2/c1-24-19-11-7-16(8-12-19)9-14-22-23-20-15-18(10-13-21(20)25-22)17-5-3-2-4-6-17/h2-15H,1H3. The van der Waals surface area contributed by atoms with E-state index >= 15 is 0 Å². The van der Waals surface area contributed by atoms with Crippen molar-refractivity contribution in [3.8, 4) is 16.9 Å². The fourth-order valence-electron chi connectivity index (χ4n) is 2.71. The molecule has 0 N–H and O–H groups in total. The van der Waals surface area contributed by atoms with Gasteiger partial charge < -0.3 is 9.15 Å². The van der Waals surface area contributed by atoms with Gasteiger partial charge in [-0.25, -0.2) is 4.98 Å². The normalized spacial score (nSPS) is 11.2. The topological polar surface area (TPSA) is 35.3 Å². The molecule has 0 bridgehead atoms. The molecule has 0 saturated heterocycles. The van der Waals surface area contributed by atoms with Crippen molar-refractivity contribution in [2.45, 2.75) is 0 Å². The number of hydrogen-bond donors (Lipinski definition) is 0. The van der Waals surface area contributed by atoms with Crippen LogP contribution in [0.1, 0.15) is 11.5 Å². The van der Waals surface area contributed by atoms with E-state index in [2.05, 4.69) is 29.2 Å². The van der Waals surface area contributed by atoms with Crippen LogP contribution in [0.15, 0.2) is 77.2 Å². The monoisotopic (exact) mass is 327 g/mol. The second-order valence-electron chi connectivity index (χ2n) is 5.71. The number of nitrogens with zero attached hydrogens (tertiary/aromatic N) is 1. The summed E-state index contributed by atoms with van der Waals surface area (Å²) in [6.45, 7) is 0. The highest BCUT2D eigenvalue weighted by Crippen LogP contribution is 2.25. The van der Waals surface area contributed by atoms with Crippen LogP contribution in [0.4, 0.5) is 0 Å². The minimum atomic E-state index is 0.594. The first-order valence-corrected chi connectivity index (χ1v) is 8.10. The van der Waals surface area contributed by atoms with Gasteiger partial charge in [-0.1, -0.05) is 48.5 Å². The van der Waals surface area contributed by atoms with Crippen molar-refractivity contribution in [3.63, 3.8) is 0 Å². The molecule has 0 spiro atoms. The molecule has 0 radical (unpaired) electrons. The summed E-state index contributed by atoms with van der Waals surface area (Å²) in [5.41, 5.74) is 5.01. The van der Waals surface area contributed by atoms with Crippen molar-refractivity contribution < 1.29 is 9.15 Å². The van der Waals surface area contributed by atoms with Crippen molar-refractivity contribution in [1.82, 2.24) is 4.98 Å². The lowest BCUT2D eigenvalue weighted by Gasteiger charge is -1.99. The van der Waals surface area contributed by atoms with Crippen molar-refractivity contribution in [1.29, 1.82) is 0 Å². The van der Waals surface area contributed by atoms with Crippen LogP contribution in [0.2, 0.25) is 0 Å². The zero-order valence-electron chi connectivity index (χ0n) is 13.8. The molecule has 4 rings (SSSR count). The predicted molar refractivity (Wildman–Crippen MR) is 101 cm³/mol. The SMILES string of the molecule is COc1ccc(C=Cc2nc3cc(-c4ccccc4)ccc3o2)cc1. The molecule has 3 aromatic carbocycles. The summed E-state index contributed by atoms with van der Waals surface area (Å²) < 4.78 is 11.0. The van der Waals surface area contributed by atoms with Crippen LogP contribution in [-0.4, -0.2) is 12.1 Å². The van der Waals surface area contributed by atoms with Gasteiger partial charge >= 0.3 is 0 Å². The van der Waals surface area contributed by atoms with Gasteiger partial charge in [0.25, 0.3) is 0 Å². The molecule has 1 heterocycles. The van der Waals surface area contributed by atoms with Crippen LogP contribution >= 0.6 is 0 Å². The predicted octanol–water partition coefficient (Wildman–Crippen LogP) is 5.67. The van der Waals surface area contributed by atoms with Crippen molar-refractivity contribution >= 4 is 23.3 Å². The van der Waals surface area contributed by atoms with Gasteiger partial charge in [-0.3, -0.25) is 0 Å². The maximum absolute atomic E-state index is 5.80. The lowest BCUT2D eigenvalue weighted by Crippen LogP contribution is -1.81. The maximum atomic E-state index is 5.80. The van der Waals surface area contributed by atoms with E-state index < -0.39 is 0 Å². The van der Waals surface area contributed by atoms with Crippen molar-refractivity contribution in [2.75, 3.05) is 7.11 Å². The summed E-state index contributed by atoms with van der Waals surface area (Å²) in [4.78, 5) is 4.57. The van der Waals surface area contributed by atoms with Gasteiger partial charge in [-0.2, -0.15) is 0 Å². The van der Waals surface area contributed by atoms with Gasteiger partial charge in [-0.05, 0) is 47.0 Å². The molecular formula is C22H17NO2. The van der Waals surface area contributed by atoms with Gasteiger partial charge in [0.15, 0.2) is 5.58 Å². The van der Waals surface area contributed by atoms with E-state index in [1.54, 1.807) is 7.11 Å². The highest BCUT2D eigenvalue weighted by Gasteiger charge is 2.05. The van der Waals surface area contributed by atoms with Crippen LogP contribution in [0.5, 0.6) is 5.75 Å². The number of oxazole rings is 1. The maximum Gasteiger partial charge on any atom is 0.220 e. The van der Waals surface area contributed by atoms with E-state index in [0.717, 1.165) is 28.0 Å². The number of fused-ring (bicyclic) bond motifs is 1. The molecule has 4 aromatic rings. The Labute approximate surface area is 146 Å². The molecule has 0 saturated carbocycles. The van der Waals surface area contributed by atoms with E-state index in [0.29, 0.717) is 5.89 Å². The molecule has 0 fully saturated rings. The number of methoxy groups -OCH3 is 1. The molecule has 0 unspecified atom stereocenters. The fourth-order valence-corrected chi connectivity index (χ4v) is 2.71. The highest BCUT2D eigenvalue weighted by atomic mass is 16.5. The lowest BCUT2D eigenvalue weighted by molar-refractivity contribution is 0.415. The number of rotatable bonds is 4. The average molecular weight is 327 g/mol. The molecule has 1 aromatic heterocycles. The third-order valence-corrected chi connectivity index (χ3v) is 4.05. The zero-order chi connectivity index (χ0) is 17.1. The van der Waals surface area contributed by atoms with Gasteiger partial charge in [0.2, 0.25) is 5.89 Å². The summed E-state index contributed by atoms with van der Waals surface area (Å²) in [6, 6.07) is 24.2. The van der Waals surface area contributed by atoms with Crippen LogP contribution in [0.3, 0.4) is 0 Å². The molecule has 122 valence electrons. The lowest BCUT2D eigenvalue weighted by atomic mass is 10.1. The number of hydrogen-bond acceptors (Lipinski definition) is 3. The van der Waals surface area contributed by atoms with Crippen LogP contribution in [0.25, 0.3) is 34.4 Å². The van der Waals surface area contributed by atoms with E-state index in [9.17, 15) is 0 Å². The number of benzene rings is 3. The Morgan fingerprint density at radius 3 is 2.40 bits per heavy atom. The second kappa shape index (κ2) is 6.65. The third-order valence-electron chi connectivity index (χ3n) is 4.05. The van der Waals surface area contributed by atoms with Crippen LogP contribution in [0, 0.1) is 0 Å². The van der Waals surface area contributed by atoms with Gasteiger partial charge in [-0.15, -0.1) is 0 Å². The van der Waals surface area contributed by atoms with E-state index in [1.807, 2.05) is 60.7 Å². The molecule has 0 atom stereocenters. The largest absolute Gasteiger partial charge is 0.497 e. The summed E-state index contributed by atoms with van der Waals surface area (Å²) >= 11 is 0. The Hall–Kier alpha value is -3.33. The Bertz CT molecular complexity index is 1020. The molecule has 0 aliphatic carbocycles. The highest BCUT2D eigenvalue weighted by molar-refractivity contribution is 5.82. The summed E-state index contributed by atoms with van der Waals surface area (Å²) in [5.74, 6) is 1.43. The molecule has 25 heavy (non-hydrogen) atoms. The van der Waals surface area contributed by atoms with Gasteiger partial charge in [0.05, 0.1) is 7.11 Å². The minimum absolute atomic E-state index is 0.594. The molecule has 3 heteroatoms. The van der Waals surface area contributed by atoms with Crippen LogP contribution < -0.4 is 4.74 Å². The van der Waals surface area contributed by atoms with Crippen LogP contribution in [-0.2, 0) is 0 Å². The summed E-state index contributed by atoms with van der Waals surface area (Å²) in [7, 11) is 1.66. The number of aromatic nitrogens is 1. The first kappa shape index (κ1) is 15.2. The molecule has 0 aliphatic rings. The fraction of sp³-hybridized carbons (Fsp3) is 0.0455. The molecule has 3 nitrogen and oxygen atoms in total. The first-order valence-electron chi connectivity index (χ1n) is 8.10. The second-order valence-corrected chi connectivity index (χ2v) is 5.71. The van der Waals surface area contributed by atoms with Crippen molar-refractivity contribution in [2.24, 2.45) is 0 Å². The molecule has 0 amide bonds. The van der Waals surface area contributed by atoms with Gasteiger partial charge in [0.1, 0.15) is 11.3 Å². The summed E-state index contributed by atoms with van der Waals surface area (Å²) in [6.07, 6.45) is 3.85. The molecule has 0 aliphatic heterocycles. The van der Waals surface area contributed by atoms with Crippen molar-refractivity contribution in [3.05, 3.63) is 84.3 Å². The smallest absolute Gasteiger partial charge is 0.220 e. The van der Waals surface area contributed by atoms with E-state index in [1.165, 1.54) is 5.56 Å². The zero-order valence-corrected chi connectivity index (χ0v) is 13.8. The minimum Gasteiger partial charge on any atom is -0.497 e. The quantitative estimate of drug-likeness (QED) is 0.484. The third kappa shape index (κ3) is 3.31. The Morgan fingerprint density at radius 2 is 1.64 bits per heavy atom. The first-order chi connectivity index (χ1) is 12.3. The van der Waals surface area contributed by atoms with E-state index in [-0.39, 0.29) is 0 Å².